The van der Waals surface area contributed by atoms with E-state index in [0.29, 0.717) is 6.42 Å². The first-order chi connectivity index (χ1) is 10.4. The molecule has 1 aromatic carbocycles. The van der Waals surface area contributed by atoms with Crippen molar-refractivity contribution in [3.05, 3.63) is 63.2 Å². The third-order valence-electron chi connectivity index (χ3n) is 3.75. The van der Waals surface area contributed by atoms with Crippen molar-refractivity contribution in [3.8, 4) is 0 Å². The van der Waals surface area contributed by atoms with Crippen molar-refractivity contribution in [2.24, 2.45) is 5.73 Å². The third kappa shape index (κ3) is 3.76. The quantitative estimate of drug-likeness (QED) is 0.908. The molecule has 118 valence electrons. The Labute approximate surface area is 135 Å². The number of rotatable bonds is 5. The normalized spacial score (nSPS) is 12.0. The van der Waals surface area contributed by atoms with Crippen LogP contribution in [0.2, 0.25) is 5.02 Å². The van der Waals surface area contributed by atoms with Crippen molar-refractivity contribution in [2.45, 2.75) is 33.7 Å². The van der Waals surface area contributed by atoms with Gasteiger partial charge in [-0.05, 0) is 44.0 Å². The zero-order valence-electron chi connectivity index (χ0n) is 13.2. The first-order valence-corrected chi connectivity index (χ1v) is 7.62. The predicted molar refractivity (Wildman–Crippen MR) is 88.9 cm³/mol. The summed E-state index contributed by atoms with van der Waals surface area (Å²) < 4.78 is 15.3. The zero-order chi connectivity index (χ0) is 16.3. The molecule has 0 spiro atoms. The first-order valence-electron chi connectivity index (χ1n) is 7.25. The van der Waals surface area contributed by atoms with Crippen LogP contribution in [-0.2, 0) is 13.0 Å². The van der Waals surface area contributed by atoms with E-state index in [2.05, 4.69) is 5.10 Å². The van der Waals surface area contributed by atoms with Crippen LogP contribution in [0.4, 0.5) is 4.39 Å². The van der Waals surface area contributed by atoms with Gasteiger partial charge in [0.1, 0.15) is 5.83 Å². The topological polar surface area (TPSA) is 43.8 Å². The summed E-state index contributed by atoms with van der Waals surface area (Å²) in [5.41, 5.74) is 10.5. The van der Waals surface area contributed by atoms with Gasteiger partial charge in [0.05, 0.1) is 12.2 Å². The van der Waals surface area contributed by atoms with E-state index in [4.69, 9.17) is 17.3 Å². The second-order valence-corrected chi connectivity index (χ2v) is 5.87. The minimum atomic E-state index is -0.270. The third-order valence-corrected chi connectivity index (χ3v) is 4.10. The molecule has 0 aliphatic carbocycles. The Morgan fingerprint density at radius 2 is 2.09 bits per heavy atom. The molecule has 0 fully saturated rings. The van der Waals surface area contributed by atoms with Crippen LogP contribution in [0.1, 0.15) is 28.1 Å². The van der Waals surface area contributed by atoms with Crippen LogP contribution in [0.3, 0.4) is 0 Å². The van der Waals surface area contributed by atoms with Gasteiger partial charge in [-0.3, -0.25) is 4.68 Å². The Balaban J connectivity index is 2.28. The minimum absolute atomic E-state index is 0.117. The Morgan fingerprint density at radius 3 is 2.73 bits per heavy atom. The standard InChI is InChI=1S/C17H21ClFN3/c1-11-4-5-14(17(18)8-11)9-16-12(2)21-22(13(16)3)10-15(19)6-7-20/h4-6,8H,7,9-10,20H2,1-3H3/b15-6-. The Kier molecular flexibility index (Phi) is 5.37. The summed E-state index contributed by atoms with van der Waals surface area (Å²) in [6, 6.07) is 6.03. The number of aryl methyl sites for hydroxylation is 2. The Bertz CT molecular complexity index is 704. The van der Waals surface area contributed by atoms with Crippen molar-refractivity contribution in [1.29, 1.82) is 0 Å². The molecule has 0 saturated carbocycles. The highest BCUT2D eigenvalue weighted by atomic mass is 35.5. The van der Waals surface area contributed by atoms with E-state index >= 15 is 0 Å². The number of nitrogens with two attached hydrogens (primary N) is 1. The SMILES string of the molecule is Cc1ccc(Cc2c(C)nn(C/C(F)=C/CN)c2C)c(Cl)c1. The highest BCUT2D eigenvalue weighted by Gasteiger charge is 2.14. The number of nitrogens with zero attached hydrogens (tertiary/aromatic N) is 2. The summed E-state index contributed by atoms with van der Waals surface area (Å²) in [4.78, 5) is 0. The molecular formula is C17H21ClFN3. The summed E-state index contributed by atoms with van der Waals surface area (Å²) in [6.07, 6.45) is 2.06. The van der Waals surface area contributed by atoms with E-state index in [1.54, 1.807) is 4.68 Å². The van der Waals surface area contributed by atoms with Crippen molar-refractivity contribution in [1.82, 2.24) is 9.78 Å². The van der Waals surface area contributed by atoms with E-state index in [9.17, 15) is 4.39 Å². The maximum atomic E-state index is 13.6. The van der Waals surface area contributed by atoms with E-state index < -0.39 is 0 Å². The summed E-state index contributed by atoms with van der Waals surface area (Å²) in [5.74, 6) is -0.270. The van der Waals surface area contributed by atoms with E-state index in [1.807, 2.05) is 39.0 Å². The molecule has 3 nitrogen and oxygen atoms in total. The fourth-order valence-electron chi connectivity index (χ4n) is 2.47. The van der Waals surface area contributed by atoms with Crippen LogP contribution in [0, 0.1) is 20.8 Å². The lowest BCUT2D eigenvalue weighted by Gasteiger charge is -2.07. The van der Waals surface area contributed by atoms with Crippen LogP contribution in [-0.4, -0.2) is 16.3 Å². The number of hydrogen-bond donors (Lipinski definition) is 1. The van der Waals surface area contributed by atoms with Gasteiger partial charge in [-0.1, -0.05) is 23.7 Å². The molecule has 2 N–H and O–H groups in total. The molecule has 0 unspecified atom stereocenters. The Morgan fingerprint density at radius 1 is 1.36 bits per heavy atom. The molecule has 0 saturated heterocycles. The summed E-state index contributed by atoms with van der Waals surface area (Å²) in [7, 11) is 0. The first kappa shape index (κ1) is 16.7. The fraction of sp³-hybridized carbons (Fsp3) is 0.353. The molecular weight excluding hydrogens is 301 g/mol. The van der Waals surface area contributed by atoms with E-state index in [-0.39, 0.29) is 18.9 Å². The molecule has 22 heavy (non-hydrogen) atoms. The smallest absolute Gasteiger partial charge is 0.119 e. The van der Waals surface area contributed by atoms with Gasteiger partial charge in [0.2, 0.25) is 0 Å². The van der Waals surface area contributed by atoms with Gasteiger partial charge in [-0.25, -0.2) is 4.39 Å². The average molecular weight is 322 g/mol. The Hall–Kier alpha value is -1.65. The van der Waals surface area contributed by atoms with Crippen molar-refractivity contribution in [2.75, 3.05) is 6.54 Å². The van der Waals surface area contributed by atoms with Crippen LogP contribution < -0.4 is 5.73 Å². The average Bonchev–Trinajstić information content (AvgIpc) is 2.69. The van der Waals surface area contributed by atoms with Gasteiger partial charge in [0, 0.05) is 29.2 Å². The summed E-state index contributed by atoms with van der Waals surface area (Å²) in [5, 5.41) is 5.18. The fourth-order valence-corrected chi connectivity index (χ4v) is 2.77. The van der Waals surface area contributed by atoms with Crippen LogP contribution >= 0.6 is 11.6 Å². The molecule has 1 aromatic heterocycles. The number of aromatic nitrogens is 2. The molecule has 2 aromatic rings. The largest absolute Gasteiger partial charge is 0.327 e. The van der Waals surface area contributed by atoms with Gasteiger partial charge in [-0.15, -0.1) is 0 Å². The minimum Gasteiger partial charge on any atom is -0.327 e. The lowest BCUT2D eigenvalue weighted by Crippen LogP contribution is -2.05. The van der Waals surface area contributed by atoms with Gasteiger partial charge in [0.25, 0.3) is 0 Å². The highest BCUT2D eigenvalue weighted by Crippen LogP contribution is 2.24. The molecule has 0 bridgehead atoms. The molecule has 0 radical (unpaired) electrons. The molecule has 2 rings (SSSR count). The highest BCUT2D eigenvalue weighted by molar-refractivity contribution is 6.31. The second kappa shape index (κ2) is 7.07. The predicted octanol–water partition coefficient (Wildman–Crippen LogP) is 3.86. The molecule has 5 heteroatoms. The van der Waals surface area contributed by atoms with Crippen molar-refractivity contribution >= 4 is 11.6 Å². The van der Waals surface area contributed by atoms with E-state index in [0.717, 1.165) is 33.1 Å². The molecule has 0 atom stereocenters. The summed E-state index contributed by atoms with van der Waals surface area (Å²) >= 11 is 6.31. The van der Waals surface area contributed by atoms with Gasteiger partial charge < -0.3 is 5.73 Å². The number of hydrogen-bond acceptors (Lipinski definition) is 2. The molecule has 0 aliphatic rings. The molecule has 0 amide bonds. The second-order valence-electron chi connectivity index (χ2n) is 5.47. The van der Waals surface area contributed by atoms with Crippen molar-refractivity contribution < 1.29 is 4.39 Å². The number of halogens is 2. The number of benzene rings is 1. The maximum absolute atomic E-state index is 13.6. The van der Waals surface area contributed by atoms with Gasteiger partial charge >= 0.3 is 0 Å². The van der Waals surface area contributed by atoms with Crippen molar-refractivity contribution in [3.63, 3.8) is 0 Å². The monoisotopic (exact) mass is 321 g/mol. The van der Waals surface area contributed by atoms with Crippen LogP contribution in [0.5, 0.6) is 0 Å². The van der Waals surface area contributed by atoms with Gasteiger partial charge in [-0.2, -0.15) is 5.10 Å². The lowest BCUT2D eigenvalue weighted by molar-refractivity contribution is 0.517. The maximum Gasteiger partial charge on any atom is 0.119 e. The van der Waals surface area contributed by atoms with Crippen LogP contribution in [0.25, 0.3) is 0 Å². The van der Waals surface area contributed by atoms with Crippen LogP contribution in [0.15, 0.2) is 30.1 Å². The zero-order valence-corrected chi connectivity index (χ0v) is 13.9. The summed E-state index contributed by atoms with van der Waals surface area (Å²) in [6.45, 7) is 6.21. The molecule has 1 heterocycles. The molecule has 0 aliphatic heterocycles. The van der Waals surface area contributed by atoms with E-state index in [1.165, 1.54) is 6.08 Å². The van der Waals surface area contributed by atoms with Gasteiger partial charge in [0.15, 0.2) is 0 Å². The lowest BCUT2D eigenvalue weighted by atomic mass is 10.0. The number of allylic oxidation sites excluding steroid dienone is 1.